The van der Waals surface area contributed by atoms with Gasteiger partial charge in [0.15, 0.2) is 0 Å². The molecule has 0 aromatic carbocycles. The summed E-state index contributed by atoms with van der Waals surface area (Å²) in [6, 6.07) is 0. The Morgan fingerprint density at radius 1 is 0.789 bits per heavy atom. The van der Waals surface area contributed by atoms with Gasteiger partial charge in [-0.15, -0.1) is 0 Å². The summed E-state index contributed by atoms with van der Waals surface area (Å²) >= 11 is 0. The molecule has 1 saturated carbocycles. The minimum Gasteiger partial charge on any atom is -0.0654 e. The minimum atomic E-state index is 1.01. The van der Waals surface area contributed by atoms with Gasteiger partial charge >= 0.3 is 0 Å². The quantitative estimate of drug-likeness (QED) is 0.374. The summed E-state index contributed by atoms with van der Waals surface area (Å²) in [6.07, 6.45) is 19.2. The highest BCUT2D eigenvalue weighted by atomic mass is 14.3. The highest BCUT2D eigenvalue weighted by Gasteiger charge is 2.24. The molecule has 1 unspecified atom stereocenters. The fraction of sp³-hybridized carbons (Fsp3) is 1.00. The van der Waals surface area contributed by atoms with Gasteiger partial charge in [-0.25, -0.2) is 0 Å². The van der Waals surface area contributed by atoms with Crippen LogP contribution >= 0.6 is 0 Å². The van der Waals surface area contributed by atoms with Crippen LogP contribution in [0.5, 0.6) is 0 Å². The summed E-state index contributed by atoms with van der Waals surface area (Å²) in [7, 11) is 0. The standard InChI is InChI=1S/C19H38/c1-4-6-7-8-9-10-11-12-18(5-2)19-15-13-17(3)14-16-19/h17-19H,4-16H2,1-3H3. The molecular formula is C19H38. The molecule has 0 nitrogen and oxygen atoms in total. The first kappa shape index (κ1) is 17.1. The summed E-state index contributed by atoms with van der Waals surface area (Å²) in [5.74, 6) is 3.12. The van der Waals surface area contributed by atoms with Crippen molar-refractivity contribution in [3.63, 3.8) is 0 Å². The molecule has 1 rings (SSSR count). The van der Waals surface area contributed by atoms with E-state index in [9.17, 15) is 0 Å². The Balaban J connectivity index is 2.05. The van der Waals surface area contributed by atoms with Gasteiger partial charge in [0.1, 0.15) is 0 Å². The van der Waals surface area contributed by atoms with Gasteiger partial charge in [0.2, 0.25) is 0 Å². The molecule has 114 valence electrons. The van der Waals surface area contributed by atoms with Gasteiger partial charge in [-0.05, 0) is 30.6 Å². The topological polar surface area (TPSA) is 0 Å². The molecule has 1 aliphatic rings. The Hall–Kier alpha value is 0. The van der Waals surface area contributed by atoms with Crippen molar-refractivity contribution >= 4 is 0 Å². The molecular weight excluding hydrogens is 228 g/mol. The Morgan fingerprint density at radius 3 is 1.95 bits per heavy atom. The summed E-state index contributed by atoms with van der Waals surface area (Å²) in [5, 5.41) is 0. The van der Waals surface area contributed by atoms with Crippen LogP contribution in [0.4, 0.5) is 0 Å². The largest absolute Gasteiger partial charge is 0.0654 e. The van der Waals surface area contributed by atoms with Crippen LogP contribution in [0.2, 0.25) is 0 Å². The zero-order valence-corrected chi connectivity index (χ0v) is 13.9. The predicted molar refractivity (Wildman–Crippen MR) is 87.5 cm³/mol. The van der Waals surface area contributed by atoms with Crippen LogP contribution in [0.3, 0.4) is 0 Å². The van der Waals surface area contributed by atoms with Crippen molar-refractivity contribution < 1.29 is 0 Å². The first-order chi connectivity index (χ1) is 9.27. The van der Waals surface area contributed by atoms with Crippen molar-refractivity contribution in [2.45, 2.75) is 104 Å². The average molecular weight is 267 g/mol. The SMILES string of the molecule is CCCCCCCCCC(CC)C1CCC(C)CC1. The summed E-state index contributed by atoms with van der Waals surface area (Å²) < 4.78 is 0. The van der Waals surface area contributed by atoms with Crippen LogP contribution in [0.25, 0.3) is 0 Å². The summed E-state index contributed by atoms with van der Waals surface area (Å²) in [6.45, 7) is 7.16. The molecule has 1 fully saturated rings. The molecule has 0 spiro atoms. The van der Waals surface area contributed by atoms with E-state index in [2.05, 4.69) is 20.8 Å². The fourth-order valence-corrected chi connectivity index (χ4v) is 3.89. The lowest BCUT2D eigenvalue weighted by Crippen LogP contribution is -2.20. The number of hydrogen-bond donors (Lipinski definition) is 0. The molecule has 19 heavy (non-hydrogen) atoms. The van der Waals surface area contributed by atoms with Crippen molar-refractivity contribution in [1.82, 2.24) is 0 Å². The maximum atomic E-state index is 2.44. The predicted octanol–water partition coefficient (Wildman–Crippen LogP) is 6.98. The van der Waals surface area contributed by atoms with E-state index in [1.807, 2.05) is 0 Å². The van der Waals surface area contributed by atoms with Crippen molar-refractivity contribution in [3.05, 3.63) is 0 Å². The van der Waals surface area contributed by atoms with Crippen molar-refractivity contribution in [2.24, 2.45) is 17.8 Å². The lowest BCUT2D eigenvalue weighted by atomic mass is 9.74. The monoisotopic (exact) mass is 266 g/mol. The van der Waals surface area contributed by atoms with E-state index in [0.717, 1.165) is 17.8 Å². The van der Waals surface area contributed by atoms with E-state index in [1.54, 1.807) is 0 Å². The maximum Gasteiger partial charge on any atom is -0.0386 e. The molecule has 1 atom stereocenters. The molecule has 0 heteroatoms. The third-order valence-corrected chi connectivity index (χ3v) is 5.43. The molecule has 0 aromatic heterocycles. The molecule has 0 heterocycles. The number of unbranched alkanes of at least 4 members (excludes halogenated alkanes) is 6. The Labute approximate surface area is 122 Å². The molecule has 0 N–H and O–H groups in total. The number of rotatable bonds is 10. The third-order valence-electron chi connectivity index (χ3n) is 5.43. The van der Waals surface area contributed by atoms with Crippen LogP contribution in [0.15, 0.2) is 0 Å². The molecule has 0 amide bonds. The highest BCUT2D eigenvalue weighted by molar-refractivity contribution is 4.76. The van der Waals surface area contributed by atoms with E-state index in [1.165, 1.54) is 83.5 Å². The second kappa shape index (κ2) is 10.7. The van der Waals surface area contributed by atoms with E-state index >= 15 is 0 Å². The Bertz CT molecular complexity index is 188. The van der Waals surface area contributed by atoms with Gasteiger partial charge in [-0.1, -0.05) is 91.4 Å². The van der Waals surface area contributed by atoms with Gasteiger partial charge in [0, 0.05) is 0 Å². The first-order valence-electron chi connectivity index (χ1n) is 9.27. The van der Waals surface area contributed by atoms with E-state index in [0.29, 0.717) is 0 Å². The molecule has 1 aliphatic carbocycles. The van der Waals surface area contributed by atoms with Gasteiger partial charge < -0.3 is 0 Å². The van der Waals surface area contributed by atoms with E-state index < -0.39 is 0 Å². The normalized spacial score (nSPS) is 25.4. The van der Waals surface area contributed by atoms with Crippen molar-refractivity contribution in [1.29, 1.82) is 0 Å². The minimum absolute atomic E-state index is 1.01. The highest BCUT2D eigenvalue weighted by Crippen LogP contribution is 2.36. The second-order valence-corrected chi connectivity index (χ2v) is 7.10. The number of hydrogen-bond acceptors (Lipinski definition) is 0. The zero-order valence-electron chi connectivity index (χ0n) is 13.9. The molecule has 0 saturated heterocycles. The van der Waals surface area contributed by atoms with Crippen LogP contribution < -0.4 is 0 Å². The second-order valence-electron chi connectivity index (χ2n) is 7.10. The fourth-order valence-electron chi connectivity index (χ4n) is 3.89. The smallest absolute Gasteiger partial charge is 0.0386 e. The van der Waals surface area contributed by atoms with E-state index in [-0.39, 0.29) is 0 Å². The van der Waals surface area contributed by atoms with E-state index in [4.69, 9.17) is 0 Å². The summed E-state index contributed by atoms with van der Waals surface area (Å²) in [4.78, 5) is 0. The zero-order chi connectivity index (χ0) is 13.9. The summed E-state index contributed by atoms with van der Waals surface area (Å²) in [5.41, 5.74) is 0. The lowest BCUT2D eigenvalue weighted by Gasteiger charge is -2.32. The Kier molecular flexibility index (Phi) is 9.65. The molecule has 0 bridgehead atoms. The first-order valence-corrected chi connectivity index (χ1v) is 9.27. The molecule has 0 aromatic rings. The van der Waals surface area contributed by atoms with Gasteiger partial charge in [0.25, 0.3) is 0 Å². The Morgan fingerprint density at radius 2 is 1.37 bits per heavy atom. The maximum absolute atomic E-state index is 2.44. The molecule has 0 radical (unpaired) electrons. The third kappa shape index (κ3) is 7.37. The van der Waals surface area contributed by atoms with Gasteiger partial charge in [-0.2, -0.15) is 0 Å². The van der Waals surface area contributed by atoms with Crippen LogP contribution in [0, 0.1) is 17.8 Å². The van der Waals surface area contributed by atoms with Gasteiger partial charge in [-0.3, -0.25) is 0 Å². The van der Waals surface area contributed by atoms with Crippen molar-refractivity contribution in [2.75, 3.05) is 0 Å². The van der Waals surface area contributed by atoms with Crippen LogP contribution in [-0.2, 0) is 0 Å². The van der Waals surface area contributed by atoms with Crippen LogP contribution in [-0.4, -0.2) is 0 Å². The van der Waals surface area contributed by atoms with Crippen LogP contribution in [0.1, 0.15) is 104 Å². The lowest BCUT2D eigenvalue weighted by molar-refractivity contribution is 0.195. The van der Waals surface area contributed by atoms with Crippen molar-refractivity contribution in [3.8, 4) is 0 Å². The van der Waals surface area contributed by atoms with Gasteiger partial charge in [0.05, 0.1) is 0 Å². The average Bonchev–Trinajstić information content (AvgIpc) is 2.43. The molecule has 0 aliphatic heterocycles.